The second-order valence-electron chi connectivity index (χ2n) is 10.9. The summed E-state index contributed by atoms with van der Waals surface area (Å²) >= 11 is 0. The van der Waals surface area contributed by atoms with Crippen molar-refractivity contribution >= 4 is 21.5 Å². The van der Waals surface area contributed by atoms with Gasteiger partial charge in [0.1, 0.15) is 11.1 Å². The maximum absolute atomic E-state index is 2.76. The van der Waals surface area contributed by atoms with Crippen molar-refractivity contribution < 1.29 is 9.13 Å². The number of pyridine rings is 2. The fraction of sp³-hybridized carbons (Fsp3) is 0.118. The van der Waals surface area contributed by atoms with Gasteiger partial charge in [0.2, 0.25) is 0 Å². The predicted octanol–water partition coefficient (Wildman–Crippen LogP) is 5.56. The first-order chi connectivity index (χ1) is 17.8. The summed E-state index contributed by atoms with van der Waals surface area (Å²) in [4.78, 5) is 0. The monoisotopic (exact) mass is 458 g/mol. The first-order valence-corrected chi connectivity index (χ1v) is 13.0. The van der Waals surface area contributed by atoms with Gasteiger partial charge in [0.05, 0.1) is 23.6 Å². The highest BCUT2D eigenvalue weighted by Crippen LogP contribution is 2.51. The van der Waals surface area contributed by atoms with Crippen LogP contribution in [0.5, 0.6) is 0 Å². The molecular formula is C34H22N2+2. The second-order valence-corrected chi connectivity index (χ2v) is 10.9. The van der Waals surface area contributed by atoms with Gasteiger partial charge in [-0.1, -0.05) is 72.8 Å². The molecule has 1 spiro atoms. The van der Waals surface area contributed by atoms with E-state index in [2.05, 4.69) is 106 Å². The molecule has 4 aliphatic rings. The lowest BCUT2D eigenvalue weighted by Crippen LogP contribution is -2.77. The summed E-state index contributed by atoms with van der Waals surface area (Å²) in [6.07, 6.45) is 2.97. The molecule has 2 aromatic heterocycles. The maximum Gasteiger partial charge on any atom is 0.417 e. The molecule has 0 amide bonds. The summed E-state index contributed by atoms with van der Waals surface area (Å²) in [6.45, 7) is 0. The number of benzene rings is 4. The van der Waals surface area contributed by atoms with Crippen molar-refractivity contribution in [1.29, 1.82) is 0 Å². The number of nitrogens with zero attached hydrogens (tertiary/aromatic N) is 2. The van der Waals surface area contributed by atoms with E-state index >= 15 is 0 Å². The van der Waals surface area contributed by atoms with Crippen LogP contribution in [0.2, 0.25) is 0 Å². The van der Waals surface area contributed by atoms with Crippen LogP contribution in [0.25, 0.3) is 32.9 Å². The molecule has 0 radical (unpaired) electrons. The first-order valence-electron chi connectivity index (χ1n) is 13.0. The molecular weight excluding hydrogens is 436 g/mol. The molecule has 0 unspecified atom stereocenters. The third-order valence-electron chi connectivity index (χ3n) is 9.26. The summed E-state index contributed by atoms with van der Waals surface area (Å²) in [5, 5.41) is 5.36. The average Bonchev–Trinajstić information content (AvgIpc) is 3.23. The summed E-state index contributed by atoms with van der Waals surface area (Å²) in [7, 11) is 0. The van der Waals surface area contributed by atoms with E-state index in [1.807, 2.05) is 0 Å². The molecule has 36 heavy (non-hydrogen) atoms. The van der Waals surface area contributed by atoms with Crippen LogP contribution in [-0.2, 0) is 24.9 Å². The zero-order valence-electron chi connectivity index (χ0n) is 19.8. The summed E-state index contributed by atoms with van der Waals surface area (Å²) in [5.41, 5.74) is 14.2. The fourth-order valence-electron chi connectivity index (χ4n) is 8.22. The van der Waals surface area contributed by atoms with Gasteiger partial charge in [0, 0.05) is 12.1 Å². The van der Waals surface area contributed by atoms with Gasteiger partial charge in [0.25, 0.3) is 11.4 Å². The number of rotatable bonds is 0. The van der Waals surface area contributed by atoms with Crippen molar-refractivity contribution in [1.82, 2.24) is 0 Å². The van der Waals surface area contributed by atoms with Crippen LogP contribution in [0.15, 0.2) is 97.1 Å². The minimum Gasteiger partial charge on any atom is -0.116 e. The normalized spacial score (nSPS) is 16.2. The van der Waals surface area contributed by atoms with E-state index in [0.717, 1.165) is 19.3 Å². The number of hydrogen-bond acceptors (Lipinski definition) is 0. The Labute approximate surface area is 208 Å². The molecule has 10 rings (SSSR count). The molecule has 166 valence electrons. The lowest BCUT2D eigenvalue weighted by Gasteiger charge is -2.37. The molecule has 0 fully saturated rings. The minimum atomic E-state index is -0.351. The Kier molecular flexibility index (Phi) is 2.87. The zero-order chi connectivity index (χ0) is 23.2. The van der Waals surface area contributed by atoms with E-state index in [1.165, 1.54) is 77.7 Å². The van der Waals surface area contributed by atoms with Crippen molar-refractivity contribution in [3.8, 4) is 11.4 Å². The molecule has 0 N–H and O–H groups in total. The van der Waals surface area contributed by atoms with E-state index in [-0.39, 0.29) is 5.66 Å². The molecule has 1 aliphatic carbocycles. The van der Waals surface area contributed by atoms with Gasteiger partial charge in [-0.2, -0.15) is 0 Å². The predicted molar refractivity (Wildman–Crippen MR) is 140 cm³/mol. The Morgan fingerprint density at radius 2 is 0.917 bits per heavy atom. The average molecular weight is 459 g/mol. The topological polar surface area (TPSA) is 7.76 Å². The lowest BCUT2D eigenvalue weighted by atomic mass is 9.69. The number of aromatic nitrogens is 2. The van der Waals surface area contributed by atoms with Gasteiger partial charge in [-0.15, -0.1) is 9.13 Å². The summed E-state index contributed by atoms with van der Waals surface area (Å²) in [5.74, 6) is 0. The molecule has 0 saturated heterocycles. The molecule has 2 nitrogen and oxygen atoms in total. The van der Waals surface area contributed by atoms with Crippen molar-refractivity contribution in [2.45, 2.75) is 24.9 Å². The van der Waals surface area contributed by atoms with Gasteiger partial charge < -0.3 is 0 Å². The summed E-state index contributed by atoms with van der Waals surface area (Å²) in [6, 6.07) is 37.0. The minimum absolute atomic E-state index is 0.351. The Morgan fingerprint density at radius 3 is 1.42 bits per heavy atom. The Morgan fingerprint density at radius 1 is 0.472 bits per heavy atom. The van der Waals surface area contributed by atoms with Crippen LogP contribution in [0.3, 0.4) is 0 Å². The fourth-order valence-corrected chi connectivity index (χ4v) is 8.22. The largest absolute Gasteiger partial charge is 0.417 e. The van der Waals surface area contributed by atoms with Crippen molar-refractivity contribution in [3.05, 3.63) is 142 Å². The maximum atomic E-state index is 2.76. The SMILES string of the molecule is c1cc2c3c(c1)Cc1cc4ccccc4c4[n+]1C31c3c(cccc3Cc3cc5ccccc5c-4[n+]31)C2. The third-order valence-corrected chi connectivity index (χ3v) is 9.26. The van der Waals surface area contributed by atoms with Crippen molar-refractivity contribution in [2.24, 2.45) is 0 Å². The van der Waals surface area contributed by atoms with Crippen LogP contribution >= 0.6 is 0 Å². The molecule has 0 bridgehead atoms. The molecule has 5 heterocycles. The van der Waals surface area contributed by atoms with Crippen LogP contribution in [0.4, 0.5) is 0 Å². The van der Waals surface area contributed by atoms with E-state index < -0.39 is 0 Å². The summed E-state index contributed by atoms with van der Waals surface area (Å²) < 4.78 is 5.51. The molecule has 0 atom stereocenters. The second kappa shape index (κ2) is 5.74. The van der Waals surface area contributed by atoms with E-state index in [9.17, 15) is 0 Å². The molecule has 4 aromatic carbocycles. The highest BCUT2D eigenvalue weighted by molar-refractivity contribution is 6.01. The number of fused-ring (bicyclic) bond motifs is 5. The van der Waals surface area contributed by atoms with Gasteiger partial charge in [-0.05, 0) is 51.6 Å². The highest BCUT2D eigenvalue weighted by atomic mass is 15.4. The van der Waals surface area contributed by atoms with Crippen LogP contribution in [-0.4, -0.2) is 0 Å². The Hall–Kier alpha value is -4.30. The van der Waals surface area contributed by atoms with Gasteiger partial charge >= 0.3 is 5.66 Å². The number of hydrogen-bond donors (Lipinski definition) is 0. The highest BCUT2D eigenvalue weighted by Gasteiger charge is 2.71. The smallest absolute Gasteiger partial charge is 0.116 e. The first kappa shape index (κ1) is 18.0. The Bertz CT molecular complexity index is 1880. The zero-order valence-corrected chi connectivity index (χ0v) is 19.8. The molecule has 6 aromatic rings. The van der Waals surface area contributed by atoms with Crippen molar-refractivity contribution in [3.63, 3.8) is 0 Å². The molecule has 2 heteroatoms. The van der Waals surface area contributed by atoms with Gasteiger partial charge in [-0.3, -0.25) is 0 Å². The van der Waals surface area contributed by atoms with Gasteiger partial charge in [-0.25, -0.2) is 0 Å². The van der Waals surface area contributed by atoms with E-state index in [4.69, 9.17) is 0 Å². The van der Waals surface area contributed by atoms with Crippen LogP contribution in [0, 0.1) is 0 Å². The van der Waals surface area contributed by atoms with E-state index in [0.29, 0.717) is 0 Å². The third kappa shape index (κ3) is 1.77. The Balaban J connectivity index is 1.58. The molecule has 3 aliphatic heterocycles. The quantitative estimate of drug-likeness (QED) is 0.263. The van der Waals surface area contributed by atoms with Crippen molar-refractivity contribution in [2.75, 3.05) is 0 Å². The lowest BCUT2D eigenvalue weighted by molar-refractivity contribution is -0.946. The van der Waals surface area contributed by atoms with E-state index in [1.54, 1.807) is 0 Å². The standard InChI is InChI=1S/C34H22N2/c1-3-13-28-20(7-1)16-26-18-24-11-5-9-22-15-23-10-6-12-25-19-27-17-21-8-2-4-14-29(21)33-32(28)35(26)34(30(22)24,31(23)25)36(27)33/h1-14,16-17H,15,18-19H2/q+2. The van der Waals surface area contributed by atoms with Crippen LogP contribution in [0.1, 0.15) is 44.8 Å². The van der Waals surface area contributed by atoms with Crippen LogP contribution < -0.4 is 9.13 Å². The molecule has 0 saturated carbocycles. The van der Waals surface area contributed by atoms with Gasteiger partial charge in [0.15, 0.2) is 11.4 Å².